The number of carbonyl (C=O) groups is 2. The largest absolute Gasteiger partial charge is 0.487 e. The third kappa shape index (κ3) is 4.31. The van der Waals surface area contributed by atoms with Crippen molar-refractivity contribution in [3.05, 3.63) is 71.0 Å². The second kappa shape index (κ2) is 7.88. The molecule has 0 fully saturated rings. The summed E-state index contributed by atoms with van der Waals surface area (Å²) in [6.45, 7) is 3.71. The summed E-state index contributed by atoms with van der Waals surface area (Å²) in [5.74, 6) is 0.345. The molecule has 0 aliphatic rings. The molecule has 7 heteroatoms. The first-order valence-corrected chi connectivity index (χ1v) is 8.69. The fraction of sp³-hybridized carbons (Fsp3) is 0.158. The molecule has 1 heterocycles. The molecule has 0 atom stereocenters. The summed E-state index contributed by atoms with van der Waals surface area (Å²) >= 11 is 1.16. The van der Waals surface area contributed by atoms with Gasteiger partial charge in [-0.1, -0.05) is 12.1 Å². The third-order valence-electron chi connectivity index (χ3n) is 3.77. The van der Waals surface area contributed by atoms with Crippen LogP contribution in [0.4, 0.5) is 5.69 Å². The molecule has 0 saturated carbocycles. The molecule has 3 rings (SSSR count). The molecule has 1 aromatic heterocycles. The van der Waals surface area contributed by atoms with Crippen molar-refractivity contribution in [3.8, 4) is 5.75 Å². The Bertz CT molecular complexity index is 935. The van der Waals surface area contributed by atoms with Gasteiger partial charge in [0.2, 0.25) is 0 Å². The number of hydrogen-bond acceptors (Lipinski definition) is 6. The average Bonchev–Trinajstić information content (AvgIpc) is 3.05. The zero-order chi connectivity index (χ0) is 18.5. The maximum absolute atomic E-state index is 12.3. The maximum atomic E-state index is 12.3. The molecule has 2 aromatic carbocycles. The second-order valence-corrected chi connectivity index (χ2v) is 6.23. The van der Waals surface area contributed by atoms with Crippen LogP contribution in [0.5, 0.6) is 5.75 Å². The number of benzene rings is 2. The van der Waals surface area contributed by atoms with Crippen molar-refractivity contribution in [2.75, 3.05) is 5.32 Å². The molecule has 0 bridgehead atoms. The van der Waals surface area contributed by atoms with Crippen molar-refractivity contribution < 1.29 is 14.3 Å². The quantitative estimate of drug-likeness (QED) is 0.669. The average molecular weight is 367 g/mol. The number of Topliss-reactive ketones (excluding diaryl/α,β-unsaturated/α-hetero) is 1. The number of aromatic nitrogens is 2. The van der Waals surface area contributed by atoms with Crippen LogP contribution in [0, 0.1) is 6.92 Å². The molecule has 0 radical (unpaired) electrons. The second-order valence-electron chi connectivity index (χ2n) is 5.70. The lowest BCUT2D eigenvalue weighted by atomic mass is 10.1. The molecule has 0 aliphatic carbocycles. The maximum Gasteiger partial charge on any atom is 0.255 e. The van der Waals surface area contributed by atoms with Crippen LogP contribution in [-0.2, 0) is 6.61 Å². The highest BCUT2D eigenvalue weighted by Crippen LogP contribution is 2.17. The molecule has 26 heavy (non-hydrogen) atoms. The van der Waals surface area contributed by atoms with E-state index in [1.54, 1.807) is 48.5 Å². The van der Waals surface area contributed by atoms with E-state index in [0.29, 0.717) is 29.2 Å². The van der Waals surface area contributed by atoms with Gasteiger partial charge in [-0.3, -0.25) is 9.59 Å². The van der Waals surface area contributed by atoms with Gasteiger partial charge >= 0.3 is 0 Å². The first-order valence-electron chi connectivity index (χ1n) is 7.96. The van der Waals surface area contributed by atoms with Gasteiger partial charge in [-0.2, -0.15) is 8.75 Å². The van der Waals surface area contributed by atoms with Gasteiger partial charge in [-0.15, -0.1) is 0 Å². The van der Waals surface area contributed by atoms with Crippen molar-refractivity contribution in [2.45, 2.75) is 20.5 Å². The number of rotatable bonds is 6. The number of anilines is 1. The van der Waals surface area contributed by atoms with Gasteiger partial charge in [-0.05, 0) is 50.2 Å². The molecule has 1 amide bonds. The van der Waals surface area contributed by atoms with E-state index < -0.39 is 0 Å². The van der Waals surface area contributed by atoms with Gasteiger partial charge in [0.05, 0.1) is 17.4 Å². The number of hydrogen-bond donors (Lipinski definition) is 1. The van der Waals surface area contributed by atoms with E-state index in [1.807, 2.05) is 6.92 Å². The smallest absolute Gasteiger partial charge is 0.255 e. The predicted molar refractivity (Wildman–Crippen MR) is 99.8 cm³/mol. The minimum absolute atomic E-state index is 0.0480. The van der Waals surface area contributed by atoms with E-state index in [4.69, 9.17) is 4.74 Å². The lowest BCUT2D eigenvalue weighted by Crippen LogP contribution is -2.12. The number of aryl methyl sites for hydroxylation is 1. The summed E-state index contributed by atoms with van der Waals surface area (Å²) in [5, 5.41) is 2.79. The Labute approximate surface area is 155 Å². The highest BCUT2D eigenvalue weighted by molar-refractivity contribution is 6.99. The first-order chi connectivity index (χ1) is 12.5. The summed E-state index contributed by atoms with van der Waals surface area (Å²) in [5.41, 5.74) is 3.30. The zero-order valence-electron chi connectivity index (χ0n) is 14.4. The molecule has 0 unspecified atom stereocenters. The Morgan fingerprint density at radius 2 is 1.85 bits per heavy atom. The normalized spacial score (nSPS) is 10.4. The molecule has 3 aromatic rings. The van der Waals surface area contributed by atoms with Gasteiger partial charge in [0.25, 0.3) is 5.91 Å². The minimum Gasteiger partial charge on any atom is -0.487 e. The number of carbonyl (C=O) groups excluding carboxylic acids is 2. The van der Waals surface area contributed by atoms with Crippen LogP contribution in [0.25, 0.3) is 0 Å². The van der Waals surface area contributed by atoms with Crippen molar-refractivity contribution in [1.29, 1.82) is 0 Å². The van der Waals surface area contributed by atoms with Gasteiger partial charge in [0.1, 0.15) is 18.1 Å². The first kappa shape index (κ1) is 17.8. The molecular weight excluding hydrogens is 350 g/mol. The zero-order valence-corrected chi connectivity index (χ0v) is 15.2. The molecular formula is C19H17N3O3S. The molecule has 6 nitrogen and oxygen atoms in total. The summed E-state index contributed by atoms with van der Waals surface area (Å²) in [6, 6.07) is 13.7. The van der Waals surface area contributed by atoms with E-state index in [9.17, 15) is 9.59 Å². The lowest BCUT2D eigenvalue weighted by Gasteiger charge is -2.08. The molecule has 0 spiro atoms. The fourth-order valence-electron chi connectivity index (χ4n) is 2.25. The van der Waals surface area contributed by atoms with Gasteiger partial charge in [-0.25, -0.2) is 0 Å². The highest BCUT2D eigenvalue weighted by Gasteiger charge is 2.09. The van der Waals surface area contributed by atoms with Crippen LogP contribution in [0.2, 0.25) is 0 Å². The molecule has 132 valence electrons. The van der Waals surface area contributed by atoms with Crippen LogP contribution < -0.4 is 10.1 Å². The van der Waals surface area contributed by atoms with Gasteiger partial charge < -0.3 is 10.1 Å². The monoisotopic (exact) mass is 367 g/mol. The fourth-order valence-corrected chi connectivity index (χ4v) is 2.81. The van der Waals surface area contributed by atoms with Crippen LogP contribution in [0.15, 0.2) is 48.5 Å². The van der Waals surface area contributed by atoms with Gasteiger partial charge in [0, 0.05) is 16.8 Å². The summed E-state index contributed by atoms with van der Waals surface area (Å²) in [7, 11) is 0. The number of ether oxygens (including phenoxy) is 1. The SMILES string of the molecule is CC(=O)c1cccc(NC(=O)c2ccc(OCc3nsnc3C)cc2)c1. The van der Waals surface area contributed by atoms with E-state index in [1.165, 1.54) is 6.92 Å². The highest BCUT2D eigenvalue weighted by atomic mass is 32.1. The minimum atomic E-state index is -0.253. The number of amides is 1. The van der Waals surface area contributed by atoms with Crippen LogP contribution in [-0.4, -0.2) is 20.4 Å². The van der Waals surface area contributed by atoms with Crippen molar-refractivity contribution in [2.24, 2.45) is 0 Å². The Balaban J connectivity index is 1.62. The Hall–Kier alpha value is -3.06. The van der Waals surface area contributed by atoms with E-state index >= 15 is 0 Å². The van der Waals surface area contributed by atoms with Crippen molar-refractivity contribution in [1.82, 2.24) is 8.75 Å². The van der Waals surface area contributed by atoms with Gasteiger partial charge in [0.15, 0.2) is 5.78 Å². The number of nitrogens with one attached hydrogen (secondary N) is 1. The van der Waals surface area contributed by atoms with E-state index in [2.05, 4.69) is 14.1 Å². The third-order valence-corrected chi connectivity index (χ3v) is 4.42. The van der Waals surface area contributed by atoms with Crippen LogP contribution in [0.3, 0.4) is 0 Å². The predicted octanol–water partition coefficient (Wildman–Crippen LogP) is 3.88. The standard InChI is InChI=1S/C19H17N3O3S/c1-12-18(22-26-21-12)11-25-17-8-6-14(7-9-17)19(24)20-16-5-3-4-15(10-16)13(2)23/h3-10H,11H2,1-2H3,(H,20,24). The number of ketones is 1. The Morgan fingerprint density at radius 1 is 1.08 bits per heavy atom. The summed E-state index contributed by atoms with van der Waals surface area (Å²) in [6.07, 6.45) is 0. The van der Waals surface area contributed by atoms with Crippen LogP contribution in [0.1, 0.15) is 39.0 Å². The van der Waals surface area contributed by atoms with E-state index in [0.717, 1.165) is 23.1 Å². The Kier molecular flexibility index (Phi) is 5.38. The summed E-state index contributed by atoms with van der Waals surface area (Å²) < 4.78 is 13.9. The molecule has 0 saturated heterocycles. The van der Waals surface area contributed by atoms with Crippen molar-refractivity contribution >= 4 is 29.1 Å². The van der Waals surface area contributed by atoms with E-state index in [-0.39, 0.29) is 11.7 Å². The Morgan fingerprint density at radius 3 is 2.50 bits per heavy atom. The lowest BCUT2D eigenvalue weighted by molar-refractivity contribution is 0.101. The molecule has 1 N–H and O–H groups in total. The van der Waals surface area contributed by atoms with Crippen LogP contribution >= 0.6 is 11.7 Å². The summed E-state index contributed by atoms with van der Waals surface area (Å²) in [4.78, 5) is 23.8. The topological polar surface area (TPSA) is 81.2 Å². The number of nitrogens with zero attached hydrogens (tertiary/aromatic N) is 2. The molecule has 0 aliphatic heterocycles. The van der Waals surface area contributed by atoms with Crippen molar-refractivity contribution in [3.63, 3.8) is 0 Å².